The van der Waals surface area contributed by atoms with Gasteiger partial charge in [-0.3, -0.25) is 0 Å². The SMILES string of the molecule is CCc1c(C)nc(C)nc1N1CCC[C@H](Cn2ccnc2C)C1. The normalized spacial score (nSPS) is 18.4. The molecule has 1 fully saturated rings. The molecule has 0 saturated carbocycles. The number of imidazole rings is 1. The molecule has 0 N–H and O–H groups in total. The fourth-order valence-electron chi connectivity index (χ4n) is 3.67. The minimum absolute atomic E-state index is 0.650. The monoisotopic (exact) mass is 313 g/mol. The predicted octanol–water partition coefficient (Wildman–Crippen LogP) is 3.08. The summed E-state index contributed by atoms with van der Waals surface area (Å²) in [4.78, 5) is 16.1. The van der Waals surface area contributed by atoms with Crippen LogP contribution in [0.2, 0.25) is 0 Å². The lowest BCUT2D eigenvalue weighted by molar-refractivity contribution is 0.362. The van der Waals surface area contributed by atoms with Crippen LogP contribution in [0.4, 0.5) is 5.82 Å². The average Bonchev–Trinajstić information content (AvgIpc) is 2.92. The van der Waals surface area contributed by atoms with Crippen LogP contribution in [-0.2, 0) is 13.0 Å². The first-order chi connectivity index (χ1) is 11.1. The fourth-order valence-corrected chi connectivity index (χ4v) is 3.67. The molecule has 23 heavy (non-hydrogen) atoms. The number of hydrogen-bond donors (Lipinski definition) is 0. The van der Waals surface area contributed by atoms with Crippen molar-refractivity contribution in [1.29, 1.82) is 0 Å². The molecule has 1 saturated heterocycles. The third kappa shape index (κ3) is 3.38. The van der Waals surface area contributed by atoms with Gasteiger partial charge in [0.1, 0.15) is 17.5 Å². The third-order valence-corrected chi connectivity index (χ3v) is 4.85. The zero-order valence-electron chi connectivity index (χ0n) is 14.7. The molecule has 0 radical (unpaired) electrons. The van der Waals surface area contributed by atoms with Gasteiger partial charge in [-0.05, 0) is 46.0 Å². The van der Waals surface area contributed by atoms with Gasteiger partial charge in [0.05, 0.1) is 0 Å². The molecule has 5 heteroatoms. The summed E-state index contributed by atoms with van der Waals surface area (Å²) in [5.74, 6) is 3.79. The van der Waals surface area contributed by atoms with Crippen molar-refractivity contribution < 1.29 is 0 Å². The molecule has 3 rings (SSSR count). The van der Waals surface area contributed by atoms with Crippen LogP contribution in [0.1, 0.15) is 42.7 Å². The molecule has 2 aromatic rings. The summed E-state index contributed by atoms with van der Waals surface area (Å²) in [7, 11) is 0. The number of nitrogens with zero attached hydrogens (tertiary/aromatic N) is 5. The first kappa shape index (κ1) is 16.0. The number of anilines is 1. The van der Waals surface area contributed by atoms with E-state index >= 15 is 0 Å². The van der Waals surface area contributed by atoms with Crippen molar-refractivity contribution >= 4 is 5.82 Å². The van der Waals surface area contributed by atoms with Crippen LogP contribution in [-0.4, -0.2) is 32.6 Å². The van der Waals surface area contributed by atoms with Crippen molar-refractivity contribution in [3.63, 3.8) is 0 Å². The van der Waals surface area contributed by atoms with E-state index < -0.39 is 0 Å². The van der Waals surface area contributed by atoms with Crippen molar-refractivity contribution in [1.82, 2.24) is 19.5 Å². The quantitative estimate of drug-likeness (QED) is 0.870. The standard InChI is InChI=1S/C18H27N5/c1-5-17-13(2)20-14(3)21-18(17)23-9-6-7-16(12-23)11-22-10-8-19-15(22)4/h8,10,16H,5-7,9,11-12H2,1-4H3/t16-/m1/s1. The minimum atomic E-state index is 0.650. The smallest absolute Gasteiger partial charge is 0.135 e. The van der Waals surface area contributed by atoms with E-state index in [1.807, 2.05) is 13.1 Å². The van der Waals surface area contributed by atoms with E-state index in [2.05, 4.69) is 46.4 Å². The van der Waals surface area contributed by atoms with Crippen LogP contribution in [0.3, 0.4) is 0 Å². The Kier molecular flexibility index (Phi) is 4.64. The lowest BCUT2D eigenvalue weighted by atomic mass is 9.97. The first-order valence-electron chi connectivity index (χ1n) is 8.65. The van der Waals surface area contributed by atoms with Crippen LogP contribution in [0.15, 0.2) is 12.4 Å². The number of hydrogen-bond acceptors (Lipinski definition) is 4. The molecule has 5 nitrogen and oxygen atoms in total. The second kappa shape index (κ2) is 6.69. The van der Waals surface area contributed by atoms with E-state index in [4.69, 9.17) is 4.98 Å². The second-order valence-electron chi connectivity index (χ2n) is 6.59. The molecule has 1 atom stereocenters. The Morgan fingerprint density at radius 2 is 2.04 bits per heavy atom. The molecule has 1 aliphatic heterocycles. The highest BCUT2D eigenvalue weighted by atomic mass is 15.2. The minimum Gasteiger partial charge on any atom is -0.356 e. The van der Waals surface area contributed by atoms with E-state index in [0.29, 0.717) is 5.92 Å². The van der Waals surface area contributed by atoms with Gasteiger partial charge in [0.25, 0.3) is 0 Å². The molecule has 1 aliphatic rings. The van der Waals surface area contributed by atoms with Gasteiger partial charge in [-0.2, -0.15) is 0 Å². The van der Waals surface area contributed by atoms with E-state index in [1.54, 1.807) is 0 Å². The predicted molar refractivity (Wildman–Crippen MR) is 92.8 cm³/mol. The highest BCUT2D eigenvalue weighted by Crippen LogP contribution is 2.27. The van der Waals surface area contributed by atoms with Crippen molar-refractivity contribution in [2.75, 3.05) is 18.0 Å². The molecular formula is C18H27N5. The summed E-state index contributed by atoms with van der Waals surface area (Å²) < 4.78 is 2.27. The summed E-state index contributed by atoms with van der Waals surface area (Å²) in [5, 5.41) is 0. The molecule has 124 valence electrons. The van der Waals surface area contributed by atoms with Crippen molar-refractivity contribution in [3.05, 3.63) is 35.3 Å². The highest BCUT2D eigenvalue weighted by Gasteiger charge is 2.24. The summed E-state index contributed by atoms with van der Waals surface area (Å²) in [6.07, 6.45) is 7.47. The van der Waals surface area contributed by atoms with Crippen LogP contribution >= 0.6 is 0 Å². The Balaban J connectivity index is 1.80. The Morgan fingerprint density at radius 1 is 1.22 bits per heavy atom. The topological polar surface area (TPSA) is 46.8 Å². The number of piperidine rings is 1. The molecule has 3 heterocycles. The lowest BCUT2D eigenvalue weighted by Crippen LogP contribution is -2.38. The average molecular weight is 313 g/mol. The lowest BCUT2D eigenvalue weighted by Gasteiger charge is -2.35. The van der Waals surface area contributed by atoms with E-state index in [9.17, 15) is 0 Å². The fraction of sp³-hybridized carbons (Fsp3) is 0.611. The summed E-state index contributed by atoms with van der Waals surface area (Å²) in [6.45, 7) is 11.6. The van der Waals surface area contributed by atoms with Gasteiger partial charge < -0.3 is 9.47 Å². The molecule has 0 bridgehead atoms. The Morgan fingerprint density at radius 3 is 2.74 bits per heavy atom. The van der Waals surface area contributed by atoms with Gasteiger partial charge in [-0.1, -0.05) is 6.92 Å². The van der Waals surface area contributed by atoms with Gasteiger partial charge in [0.2, 0.25) is 0 Å². The zero-order valence-corrected chi connectivity index (χ0v) is 14.7. The summed E-state index contributed by atoms with van der Waals surface area (Å²) in [6, 6.07) is 0. The van der Waals surface area contributed by atoms with Gasteiger partial charge in [-0.15, -0.1) is 0 Å². The van der Waals surface area contributed by atoms with E-state index in [0.717, 1.165) is 49.2 Å². The molecule has 2 aromatic heterocycles. The molecule has 0 amide bonds. The van der Waals surface area contributed by atoms with E-state index in [-0.39, 0.29) is 0 Å². The van der Waals surface area contributed by atoms with Crippen LogP contribution in [0, 0.1) is 26.7 Å². The van der Waals surface area contributed by atoms with Crippen LogP contribution in [0.5, 0.6) is 0 Å². The van der Waals surface area contributed by atoms with Crippen LogP contribution in [0.25, 0.3) is 0 Å². The summed E-state index contributed by atoms with van der Waals surface area (Å²) >= 11 is 0. The number of rotatable bonds is 4. The largest absolute Gasteiger partial charge is 0.356 e. The van der Waals surface area contributed by atoms with Crippen LogP contribution < -0.4 is 4.90 Å². The molecule has 0 aliphatic carbocycles. The zero-order chi connectivity index (χ0) is 16.4. The molecular weight excluding hydrogens is 286 g/mol. The molecule has 0 unspecified atom stereocenters. The van der Waals surface area contributed by atoms with Gasteiger partial charge in [0, 0.05) is 43.3 Å². The van der Waals surface area contributed by atoms with Gasteiger partial charge >= 0.3 is 0 Å². The maximum absolute atomic E-state index is 4.77. The van der Waals surface area contributed by atoms with Crippen molar-refractivity contribution in [2.45, 2.75) is 53.5 Å². The van der Waals surface area contributed by atoms with E-state index in [1.165, 1.54) is 18.4 Å². The highest BCUT2D eigenvalue weighted by molar-refractivity contribution is 5.49. The Labute approximate surface area is 138 Å². The van der Waals surface area contributed by atoms with Crippen molar-refractivity contribution in [3.8, 4) is 0 Å². The second-order valence-corrected chi connectivity index (χ2v) is 6.59. The maximum Gasteiger partial charge on any atom is 0.135 e. The third-order valence-electron chi connectivity index (χ3n) is 4.85. The Hall–Kier alpha value is -1.91. The number of aromatic nitrogens is 4. The number of aryl methyl sites for hydroxylation is 3. The van der Waals surface area contributed by atoms with Gasteiger partial charge in [-0.25, -0.2) is 15.0 Å². The summed E-state index contributed by atoms with van der Waals surface area (Å²) in [5.41, 5.74) is 2.43. The van der Waals surface area contributed by atoms with Crippen molar-refractivity contribution in [2.24, 2.45) is 5.92 Å². The maximum atomic E-state index is 4.77. The Bertz CT molecular complexity index is 676. The molecule has 0 aromatic carbocycles. The van der Waals surface area contributed by atoms with Gasteiger partial charge in [0.15, 0.2) is 0 Å². The molecule has 0 spiro atoms. The first-order valence-corrected chi connectivity index (χ1v) is 8.65.